The quantitative estimate of drug-likeness (QED) is 0.506. The minimum atomic E-state index is -0.825. The predicted molar refractivity (Wildman–Crippen MR) is 134 cm³/mol. The summed E-state index contributed by atoms with van der Waals surface area (Å²) in [5.41, 5.74) is 1.51. The first-order chi connectivity index (χ1) is 17.3. The molecule has 1 spiro atoms. The number of amides is 2. The van der Waals surface area contributed by atoms with Crippen LogP contribution < -0.4 is 5.32 Å². The SMILES string of the molecule is CCOC(=O)[C@@H]1[C@@H]2CC(C)C3(S2)C(C(=O)NCn2nnc4ccccc42)N([C@@H](CO)C(C)C)C(=O)[C@H]13. The Hall–Kier alpha value is -2.66. The van der Waals surface area contributed by atoms with Crippen molar-refractivity contribution in [2.75, 3.05) is 13.2 Å². The van der Waals surface area contributed by atoms with Crippen LogP contribution >= 0.6 is 11.8 Å². The molecular weight excluding hydrogens is 482 g/mol. The van der Waals surface area contributed by atoms with Crippen molar-refractivity contribution in [1.29, 1.82) is 0 Å². The average molecular weight is 516 g/mol. The number of fused-ring (bicyclic) bond motifs is 2. The van der Waals surface area contributed by atoms with Gasteiger partial charge in [0.2, 0.25) is 11.8 Å². The number of esters is 1. The van der Waals surface area contributed by atoms with Crippen LogP contribution in [0.1, 0.15) is 34.1 Å². The fourth-order valence-electron chi connectivity index (χ4n) is 6.53. The first-order valence-corrected chi connectivity index (χ1v) is 13.5. The van der Waals surface area contributed by atoms with E-state index in [-0.39, 0.29) is 54.8 Å². The van der Waals surface area contributed by atoms with Gasteiger partial charge in [-0.15, -0.1) is 16.9 Å². The average Bonchev–Trinajstić information content (AvgIpc) is 3.56. The molecule has 0 saturated carbocycles. The van der Waals surface area contributed by atoms with E-state index >= 15 is 0 Å². The van der Waals surface area contributed by atoms with Gasteiger partial charge in [-0.3, -0.25) is 14.4 Å². The summed E-state index contributed by atoms with van der Waals surface area (Å²) in [6.45, 7) is 7.72. The third-order valence-electron chi connectivity index (χ3n) is 8.13. The van der Waals surface area contributed by atoms with Gasteiger partial charge in [-0.1, -0.05) is 38.1 Å². The van der Waals surface area contributed by atoms with Crippen LogP contribution in [0.5, 0.6) is 0 Å². The molecule has 3 saturated heterocycles. The van der Waals surface area contributed by atoms with E-state index in [4.69, 9.17) is 4.74 Å². The van der Waals surface area contributed by atoms with E-state index < -0.39 is 28.7 Å². The second-order valence-corrected chi connectivity index (χ2v) is 11.9. The lowest BCUT2D eigenvalue weighted by Gasteiger charge is -2.40. The number of ether oxygens (including phenoxy) is 1. The number of para-hydroxylation sites is 1. The molecule has 4 heterocycles. The van der Waals surface area contributed by atoms with Gasteiger partial charge in [0.1, 0.15) is 18.2 Å². The number of hydrogen-bond acceptors (Lipinski definition) is 8. The number of aliphatic hydroxyl groups is 1. The Kier molecular flexibility index (Phi) is 6.48. The number of aliphatic hydroxyl groups excluding tert-OH is 1. The van der Waals surface area contributed by atoms with Crippen LogP contribution in [0, 0.1) is 23.7 Å². The van der Waals surface area contributed by atoms with Crippen molar-refractivity contribution in [3.8, 4) is 0 Å². The highest BCUT2D eigenvalue weighted by Gasteiger charge is 2.76. The number of carbonyl (C=O) groups is 3. The molecule has 2 amide bonds. The molecule has 11 heteroatoms. The van der Waals surface area contributed by atoms with E-state index in [1.165, 1.54) is 0 Å². The number of benzene rings is 1. The number of thioether (sulfide) groups is 1. The highest BCUT2D eigenvalue weighted by Crippen LogP contribution is 2.69. The number of hydrogen-bond donors (Lipinski definition) is 2. The molecule has 1 aromatic heterocycles. The zero-order valence-electron chi connectivity index (χ0n) is 21.0. The molecule has 3 unspecified atom stereocenters. The van der Waals surface area contributed by atoms with Crippen molar-refractivity contribution < 1.29 is 24.2 Å². The van der Waals surface area contributed by atoms with Crippen LogP contribution in [-0.2, 0) is 25.8 Å². The molecule has 1 aromatic carbocycles. The molecule has 2 bridgehead atoms. The van der Waals surface area contributed by atoms with Gasteiger partial charge in [0.25, 0.3) is 0 Å². The lowest BCUT2D eigenvalue weighted by molar-refractivity contribution is -0.154. The Balaban J connectivity index is 1.51. The molecule has 2 aromatic rings. The summed E-state index contributed by atoms with van der Waals surface area (Å²) in [7, 11) is 0. The Bertz CT molecular complexity index is 1190. The zero-order valence-corrected chi connectivity index (χ0v) is 21.8. The fraction of sp³-hybridized carbons (Fsp3) is 0.640. The monoisotopic (exact) mass is 515 g/mol. The first kappa shape index (κ1) is 25.0. The van der Waals surface area contributed by atoms with Gasteiger partial charge in [-0.25, -0.2) is 4.68 Å². The molecule has 7 atom stereocenters. The Labute approximate surface area is 214 Å². The number of rotatable bonds is 8. The lowest BCUT2D eigenvalue weighted by atomic mass is 9.66. The van der Waals surface area contributed by atoms with Gasteiger partial charge in [-0.05, 0) is 37.3 Å². The van der Waals surface area contributed by atoms with Gasteiger partial charge in [0, 0.05) is 5.25 Å². The molecule has 3 aliphatic rings. The maximum Gasteiger partial charge on any atom is 0.310 e. The smallest absolute Gasteiger partial charge is 0.310 e. The lowest BCUT2D eigenvalue weighted by Crippen LogP contribution is -2.59. The first-order valence-electron chi connectivity index (χ1n) is 12.6. The third kappa shape index (κ3) is 3.53. The van der Waals surface area contributed by atoms with Crippen molar-refractivity contribution in [3.05, 3.63) is 24.3 Å². The molecule has 36 heavy (non-hydrogen) atoms. The maximum absolute atomic E-state index is 14.0. The number of carbonyl (C=O) groups excluding carboxylic acids is 3. The summed E-state index contributed by atoms with van der Waals surface area (Å²) in [4.78, 5) is 42.6. The molecule has 194 valence electrons. The predicted octanol–water partition coefficient (Wildman–Crippen LogP) is 1.42. The zero-order chi connectivity index (χ0) is 25.8. The van der Waals surface area contributed by atoms with Crippen molar-refractivity contribution in [1.82, 2.24) is 25.2 Å². The molecule has 0 radical (unpaired) electrons. The van der Waals surface area contributed by atoms with Gasteiger partial charge in [0.05, 0.1) is 41.4 Å². The van der Waals surface area contributed by atoms with E-state index in [1.54, 1.807) is 28.3 Å². The number of nitrogens with one attached hydrogen (secondary N) is 1. The minimum Gasteiger partial charge on any atom is -0.466 e. The molecule has 0 aliphatic carbocycles. The van der Waals surface area contributed by atoms with E-state index in [9.17, 15) is 19.5 Å². The highest BCUT2D eigenvalue weighted by molar-refractivity contribution is 8.02. The summed E-state index contributed by atoms with van der Waals surface area (Å²) < 4.78 is 6.22. The standard InChI is InChI=1S/C25H33N5O5S/c1-5-35-24(34)19-18-10-14(4)25(36-18)20(19)23(33)30(17(11-31)13(2)3)21(25)22(32)26-12-29-16-9-7-6-8-15(16)27-28-29/h6-9,13-14,17-21,31H,5,10-12H2,1-4H3,(H,26,32)/t14?,17-,18-,19+,20-,21?,25?/m0/s1. The molecule has 5 rings (SSSR count). The van der Waals surface area contributed by atoms with E-state index in [0.717, 1.165) is 17.5 Å². The number of aromatic nitrogens is 3. The van der Waals surface area contributed by atoms with E-state index in [0.29, 0.717) is 0 Å². The van der Waals surface area contributed by atoms with Crippen LogP contribution in [-0.4, -0.2) is 78.1 Å². The van der Waals surface area contributed by atoms with Crippen molar-refractivity contribution >= 4 is 40.6 Å². The number of nitrogens with zero attached hydrogens (tertiary/aromatic N) is 4. The van der Waals surface area contributed by atoms with Gasteiger partial charge in [0.15, 0.2) is 0 Å². The van der Waals surface area contributed by atoms with Crippen LogP contribution in [0.2, 0.25) is 0 Å². The van der Waals surface area contributed by atoms with Gasteiger partial charge < -0.3 is 20.1 Å². The summed E-state index contributed by atoms with van der Waals surface area (Å²) in [6.07, 6.45) is 0.731. The van der Waals surface area contributed by atoms with E-state index in [2.05, 4.69) is 22.6 Å². The second-order valence-electron chi connectivity index (χ2n) is 10.3. The summed E-state index contributed by atoms with van der Waals surface area (Å²) in [5.74, 6) is -2.23. The normalized spacial score (nSPS) is 31.8. The van der Waals surface area contributed by atoms with E-state index in [1.807, 2.05) is 38.1 Å². The topological polar surface area (TPSA) is 127 Å². The second kappa shape index (κ2) is 9.33. The molecular formula is C25H33N5O5S. The molecule has 2 N–H and O–H groups in total. The molecule has 3 fully saturated rings. The van der Waals surface area contributed by atoms with Gasteiger partial charge >= 0.3 is 5.97 Å². The van der Waals surface area contributed by atoms with Crippen molar-refractivity contribution in [3.63, 3.8) is 0 Å². The minimum absolute atomic E-state index is 0.0339. The van der Waals surface area contributed by atoms with Crippen LogP contribution in [0.4, 0.5) is 0 Å². The third-order valence-corrected chi connectivity index (χ3v) is 10.2. The van der Waals surface area contributed by atoms with Crippen molar-refractivity contribution in [2.45, 2.75) is 62.9 Å². The van der Waals surface area contributed by atoms with Crippen molar-refractivity contribution in [2.24, 2.45) is 23.7 Å². The number of likely N-dealkylation sites (tertiary alicyclic amines) is 1. The summed E-state index contributed by atoms with van der Waals surface area (Å²) >= 11 is 1.59. The molecule has 10 nitrogen and oxygen atoms in total. The summed E-state index contributed by atoms with van der Waals surface area (Å²) in [5, 5.41) is 21.5. The van der Waals surface area contributed by atoms with Crippen LogP contribution in [0.25, 0.3) is 11.0 Å². The van der Waals surface area contributed by atoms with Gasteiger partial charge in [-0.2, -0.15) is 0 Å². The maximum atomic E-state index is 14.0. The van der Waals surface area contributed by atoms with Crippen LogP contribution in [0.15, 0.2) is 24.3 Å². The Morgan fingerprint density at radius 1 is 1.33 bits per heavy atom. The Morgan fingerprint density at radius 2 is 2.08 bits per heavy atom. The Morgan fingerprint density at radius 3 is 2.78 bits per heavy atom. The molecule has 3 aliphatic heterocycles. The summed E-state index contributed by atoms with van der Waals surface area (Å²) in [6, 6.07) is 6.11. The van der Waals surface area contributed by atoms with Crippen LogP contribution in [0.3, 0.4) is 0 Å². The largest absolute Gasteiger partial charge is 0.466 e. The fourth-order valence-corrected chi connectivity index (χ4v) is 8.92. The highest BCUT2D eigenvalue weighted by atomic mass is 32.2.